The maximum Gasteiger partial charge on any atom is 0.0870 e. The molecule has 12 heavy (non-hydrogen) atoms. The van der Waals surface area contributed by atoms with Crippen LogP contribution in [0, 0.1) is 0 Å². The second kappa shape index (κ2) is 7.10. The van der Waals surface area contributed by atoms with Gasteiger partial charge >= 0.3 is 0 Å². The second-order valence-corrected chi connectivity index (χ2v) is 3.51. The van der Waals surface area contributed by atoms with Crippen LogP contribution >= 0.6 is 0 Å². The lowest BCUT2D eigenvalue weighted by Crippen LogP contribution is -3.10. The van der Waals surface area contributed by atoms with Gasteiger partial charge in [0.25, 0.3) is 0 Å². The molecule has 1 aliphatic rings. The van der Waals surface area contributed by atoms with Crippen molar-refractivity contribution < 1.29 is 14.8 Å². The molecule has 1 aliphatic carbocycles. The van der Waals surface area contributed by atoms with Crippen molar-refractivity contribution in [3.8, 4) is 0 Å². The summed E-state index contributed by atoms with van der Waals surface area (Å²) in [4.78, 5) is 9.90. The summed E-state index contributed by atoms with van der Waals surface area (Å²) in [5.74, 6) is 0. The van der Waals surface area contributed by atoms with E-state index in [1.54, 1.807) is 4.90 Å². The van der Waals surface area contributed by atoms with Gasteiger partial charge in [-0.1, -0.05) is 6.42 Å². The normalized spacial score (nSPS) is 18.2. The second-order valence-electron chi connectivity index (χ2n) is 3.51. The van der Waals surface area contributed by atoms with E-state index in [0.29, 0.717) is 0 Å². The van der Waals surface area contributed by atoms with E-state index >= 15 is 0 Å². The summed E-state index contributed by atoms with van der Waals surface area (Å²) in [7, 11) is 4.55. The van der Waals surface area contributed by atoms with Crippen molar-refractivity contribution in [2.45, 2.75) is 38.1 Å². The topological polar surface area (TPSA) is 44.6 Å². The maximum atomic E-state index is 8.25. The molecule has 1 fully saturated rings. The SMILES string of the molecule is C[NH+](C)C1CCCCC1.O=C[O-]. The van der Waals surface area contributed by atoms with E-state index in [-0.39, 0.29) is 0 Å². The quantitative estimate of drug-likeness (QED) is 0.508. The van der Waals surface area contributed by atoms with Crippen molar-refractivity contribution in [1.82, 2.24) is 0 Å². The smallest absolute Gasteiger partial charge is 0.0870 e. The fourth-order valence-electron chi connectivity index (χ4n) is 1.68. The van der Waals surface area contributed by atoms with Gasteiger partial charge in [-0.2, -0.15) is 0 Å². The highest BCUT2D eigenvalue weighted by atomic mass is 16.3. The molecule has 0 aromatic carbocycles. The lowest BCUT2D eigenvalue weighted by atomic mass is 9.95. The lowest BCUT2D eigenvalue weighted by Gasteiger charge is -2.24. The number of carbonyl (C=O) groups excluding carboxylic acids is 1. The van der Waals surface area contributed by atoms with Crippen molar-refractivity contribution >= 4 is 6.47 Å². The summed E-state index contributed by atoms with van der Waals surface area (Å²) < 4.78 is 0. The van der Waals surface area contributed by atoms with Gasteiger partial charge < -0.3 is 14.8 Å². The largest absolute Gasteiger partial charge is 0.554 e. The molecular formula is C9H19NO2. The molecule has 0 bridgehead atoms. The molecule has 0 atom stereocenters. The van der Waals surface area contributed by atoms with E-state index < -0.39 is 6.47 Å². The number of nitrogens with one attached hydrogen (secondary N) is 1. The summed E-state index contributed by atoms with van der Waals surface area (Å²) in [6.45, 7) is -0.500. The summed E-state index contributed by atoms with van der Waals surface area (Å²) in [5.41, 5.74) is 0. The number of quaternary nitrogens is 1. The Morgan fingerprint density at radius 2 is 1.67 bits per heavy atom. The van der Waals surface area contributed by atoms with Gasteiger partial charge in [-0.05, 0) is 25.7 Å². The van der Waals surface area contributed by atoms with E-state index in [1.165, 1.54) is 32.1 Å². The highest BCUT2D eigenvalue weighted by molar-refractivity contribution is 5.29. The molecule has 0 aliphatic heterocycles. The van der Waals surface area contributed by atoms with Gasteiger partial charge in [0.05, 0.1) is 20.1 Å². The molecule has 0 saturated heterocycles. The number of hydrogen-bond donors (Lipinski definition) is 1. The fourth-order valence-corrected chi connectivity index (χ4v) is 1.68. The third-order valence-electron chi connectivity index (χ3n) is 2.42. The summed E-state index contributed by atoms with van der Waals surface area (Å²) in [6, 6.07) is 0.971. The van der Waals surface area contributed by atoms with Crippen molar-refractivity contribution in [2.75, 3.05) is 14.1 Å². The molecule has 1 N–H and O–H groups in total. The van der Waals surface area contributed by atoms with Crippen LogP contribution in [0.2, 0.25) is 0 Å². The Hall–Kier alpha value is -0.570. The third kappa shape index (κ3) is 5.13. The van der Waals surface area contributed by atoms with Crippen molar-refractivity contribution in [1.29, 1.82) is 0 Å². The van der Waals surface area contributed by atoms with Gasteiger partial charge in [0.2, 0.25) is 0 Å². The van der Waals surface area contributed by atoms with Crippen LogP contribution in [-0.2, 0) is 4.79 Å². The van der Waals surface area contributed by atoms with Gasteiger partial charge in [0.15, 0.2) is 0 Å². The Labute approximate surface area is 74.4 Å². The average molecular weight is 173 g/mol. The zero-order valence-corrected chi connectivity index (χ0v) is 8.01. The zero-order valence-electron chi connectivity index (χ0n) is 8.01. The zero-order chi connectivity index (χ0) is 9.40. The van der Waals surface area contributed by atoms with Gasteiger partial charge in [-0.3, -0.25) is 0 Å². The molecule has 3 nitrogen and oxygen atoms in total. The van der Waals surface area contributed by atoms with E-state index in [0.717, 1.165) is 6.04 Å². The Balaban J connectivity index is 0.000000354. The van der Waals surface area contributed by atoms with Crippen LogP contribution in [-0.4, -0.2) is 26.6 Å². The van der Waals surface area contributed by atoms with Crippen LogP contribution in [0.15, 0.2) is 0 Å². The maximum absolute atomic E-state index is 8.25. The third-order valence-corrected chi connectivity index (χ3v) is 2.42. The summed E-state index contributed by atoms with van der Waals surface area (Å²) in [5, 5.41) is 8.25. The van der Waals surface area contributed by atoms with Crippen LogP contribution in [0.3, 0.4) is 0 Å². The Bertz CT molecular complexity index is 109. The first-order valence-electron chi connectivity index (χ1n) is 4.58. The fraction of sp³-hybridized carbons (Fsp3) is 0.889. The standard InChI is InChI=1S/C8H17N.CH2O2/c1-9(2)8-6-4-3-5-7-8;2-1-3/h8H,3-7H2,1-2H3;1H,(H,2,3). The van der Waals surface area contributed by atoms with E-state index in [9.17, 15) is 0 Å². The molecule has 72 valence electrons. The number of carboxylic acid groups (broad SMARTS) is 1. The summed E-state index contributed by atoms with van der Waals surface area (Å²) in [6.07, 6.45) is 7.33. The lowest BCUT2D eigenvalue weighted by molar-refractivity contribution is -0.887. The number of rotatable bonds is 1. The minimum atomic E-state index is -0.500. The molecule has 0 heterocycles. The Morgan fingerprint density at radius 3 is 1.92 bits per heavy atom. The van der Waals surface area contributed by atoms with Crippen LogP contribution in [0.5, 0.6) is 0 Å². The first kappa shape index (κ1) is 11.4. The highest BCUT2D eigenvalue weighted by Crippen LogP contribution is 2.14. The van der Waals surface area contributed by atoms with Gasteiger partial charge in [0.1, 0.15) is 0 Å². The van der Waals surface area contributed by atoms with Gasteiger partial charge in [0, 0.05) is 6.47 Å². The van der Waals surface area contributed by atoms with E-state index in [1.807, 2.05) is 0 Å². The molecule has 0 amide bonds. The molecule has 3 heteroatoms. The van der Waals surface area contributed by atoms with Crippen molar-refractivity contribution in [3.05, 3.63) is 0 Å². The predicted molar refractivity (Wildman–Crippen MR) is 45.7 cm³/mol. The van der Waals surface area contributed by atoms with Crippen molar-refractivity contribution in [2.24, 2.45) is 0 Å². The molecule has 1 saturated carbocycles. The average Bonchev–Trinajstić information content (AvgIpc) is 2.07. The Morgan fingerprint density at radius 1 is 1.25 bits per heavy atom. The molecule has 0 aromatic heterocycles. The minimum absolute atomic E-state index is 0.500. The van der Waals surface area contributed by atoms with Gasteiger partial charge in [-0.15, -0.1) is 0 Å². The first-order valence-corrected chi connectivity index (χ1v) is 4.58. The van der Waals surface area contributed by atoms with E-state index in [4.69, 9.17) is 9.90 Å². The van der Waals surface area contributed by atoms with Crippen LogP contribution in [0.1, 0.15) is 32.1 Å². The summed E-state index contributed by atoms with van der Waals surface area (Å²) >= 11 is 0. The molecule has 0 aromatic rings. The molecule has 1 rings (SSSR count). The molecule has 0 spiro atoms. The molecular weight excluding hydrogens is 154 g/mol. The van der Waals surface area contributed by atoms with Crippen LogP contribution < -0.4 is 10.0 Å². The molecule has 0 radical (unpaired) electrons. The van der Waals surface area contributed by atoms with Crippen LogP contribution in [0.25, 0.3) is 0 Å². The predicted octanol–water partition coefficient (Wildman–Crippen LogP) is -1.17. The highest BCUT2D eigenvalue weighted by Gasteiger charge is 2.17. The minimum Gasteiger partial charge on any atom is -0.554 e. The van der Waals surface area contributed by atoms with E-state index in [2.05, 4.69) is 14.1 Å². The number of hydrogen-bond acceptors (Lipinski definition) is 2. The monoisotopic (exact) mass is 173 g/mol. The van der Waals surface area contributed by atoms with Crippen molar-refractivity contribution in [3.63, 3.8) is 0 Å². The number of carbonyl (C=O) groups is 1. The van der Waals surface area contributed by atoms with Crippen LogP contribution in [0.4, 0.5) is 0 Å². The first-order chi connectivity index (χ1) is 5.72. The Kier molecular flexibility index (Phi) is 6.76. The van der Waals surface area contributed by atoms with Gasteiger partial charge in [-0.25, -0.2) is 0 Å². The molecule has 0 unspecified atom stereocenters.